The van der Waals surface area contributed by atoms with E-state index in [-0.39, 0.29) is 5.79 Å². The van der Waals surface area contributed by atoms with Gasteiger partial charge in [-0.25, -0.2) is 4.98 Å². The van der Waals surface area contributed by atoms with Crippen molar-refractivity contribution in [3.8, 4) is 11.3 Å². The molecule has 0 bridgehead atoms. The summed E-state index contributed by atoms with van der Waals surface area (Å²) < 4.78 is 11.7. The predicted octanol–water partition coefficient (Wildman–Crippen LogP) is 3.31. The van der Waals surface area contributed by atoms with Crippen LogP contribution in [0.25, 0.3) is 11.3 Å². The Balaban J connectivity index is 1.58. The van der Waals surface area contributed by atoms with Crippen LogP contribution in [0.15, 0.2) is 36.4 Å². The number of hydrogen-bond acceptors (Lipinski definition) is 6. The second-order valence-corrected chi connectivity index (χ2v) is 6.82. The van der Waals surface area contributed by atoms with Gasteiger partial charge in [-0.15, -0.1) is 0 Å². The Morgan fingerprint density at radius 2 is 1.81 bits per heavy atom. The van der Waals surface area contributed by atoms with Gasteiger partial charge in [-0.1, -0.05) is 37.3 Å². The standard InChI is InChI=1S/C20H26N4O2/c1-2-10-21-19-22-17(16-6-4-3-5-7-16)15-18(23-19)24-11-8-20(9-12-24)25-13-14-26-20/h3-7,15H,2,8-14H2,1H3,(H,21,22,23). The number of hydrogen-bond donors (Lipinski definition) is 1. The van der Waals surface area contributed by atoms with E-state index in [2.05, 4.69) is 35.3 Å². The number of rotatable bonds is 5. The fraction of sp³-hybridized carbons (Fsp3) is 0.500. The Hall–Kier alpha value is -2.18. The van der Waals surface area contributed by atoms with Crippen molar-refractivity contribution in [2.75, 3.05) is 43.1 Å². The van der Waals surface area contributed by atoms with Crippen LogP contribution < -0.4 is 10.2 Å². The van der Waals surface area contributed by atoms with Crippen LogP contribution in [0.3, 0.4) is 0 Å². The van der Waals surface area contributed by atoms with Crippen LogP contribution >= 0.6 is 0 Å². The molecule has 0 amide bonds. The molecule has 6 heteroatoms. The fourth-order valence-corrected chi connectivity index (χ4v) is 3.53. The van der Waals surface area contributed by atoms with Crippen molar-refractivity contribution in [2.45, 2.75) is 32.0 Å². The summed E-state index contributed by atoms with van der Waals surface area (Å²) in [5.41, 5.74) is 2.05. The molecule has 2 aromatic rings. The van der Waals surface area contributed by atoms with Gasteiger partial charge in [-0.2, -0.15) is 4.98 Å². The predicted molar refractivity (Wildman–Crippen MR) is 102 cm³/mol. The maximum atomic E-state index is 5.84. The van der Waals surface area contributed by atoms with E-state index in [9.17, 15) is 0 Å². The lowest BCUT2D eigenvalue weighted by Gasteiger charge is -2.38. The van der Waals surface area contributed by atoms with Crippen molar-refractivity contribution in [3.63, 3.8) is 0 Å². The summed E-state index contributed by atoms with van der Waals surface area (Å²) in [5.74, 6) is 1.29. The van der Waals surface area contributed by atoms with Crippen LogP contribution in [-0.2, 0) is 9.47 Å². The molecular weight excluding hydrogens is 328 g/mol. The molecule has 1 aromatic carbocycles. The van der Waals surface area contributed by atoms with Gasteiger partial charge in [-0.05, 0) is 6.42 Å². The van der Waals surface area contributed by atoms with E-state index in [1.165, 1.54) is 0 Å². The summed E-state index contributed by atoms with van der Waals surface area (Å²) in [6, 6.07) is 12.3. The third-order valence-corrected chi connectivity index (χ3v) is 4.98. The molecule has 1 N–H and O–H groups in total. The molecule has 2 aliphatic rings. The van der Waals surface area contributed by atoms with Gasteiger partial charge >= 0.3 is 0 Å². The van der Waals surface area contributed by atoms with Crippen LogP contribution in [-0.4, -0.2) is 48.6 Å². The highest BCUT2D eigenvalue weighted by Crippen LogP contribution is 2.33. The first-order chi connectivity index (χ1) is 12.8. The lowest BCUT2D eigenvalue weighted by molar-refractivity contribution is -0.169. The maximum Gasteiger partial charge on any atom is 0.225 e. The lowest BCUT2D eigenvalue weighted by atomic mass is 10.0. The van der Waals surface area contributed by atoms with E-state index in [1.54, 1.807) is 0 Å². The molecule has 1 aromatic heterocycles. The molecule has 0 atom stereocenters. The summed E-state index contributed by atoms with van der Waals surface area (Å²) in [5, 5.41) is 3.33. The maximum absolute atomic E-state index is 5.84. The summed E-state index contributed by atoms with van der Waals surface area (Å²) in [7, 11) is 0. The second-order valence-electron chi connectivity index (χ2n) is 6.82. The van der Waals surface area contributed by atoms with E-state index < -0.39 is 0 Å². The Morgan fingerprint density at radius 3 is 2.50 bits per heavy atom. The third kappa shape index (κ3) is 3.66. The van der Waals surface area contributed by atoms with Crippen LogP contribution in [0, 0.1) is 0 Å². The van der Waals surface area contributed by atoms with Crippen molar-refractivity contribution >= 4 is 11.8 Å². The molecule has 0 aliphatic carbocycles. The zero-order valence-electron chi connectivity index (χ0n) is 15.3. The average molecular weight is 354 g/mol. The van der Waals surface area contributed by atoms with Gasteiger partial charge in [-0.3, -0.25) is 0 Å². The van der Waals surface area contributed by atoms with E-state index in [4.69, 9.17) is 19.4 Å². The molecule has 138 valence electrons. The number of benzene rings is 1. The molecule has 26 heavy (non-hydrogen) atoms. The number of ether oxygens (including phenoxy) is 2. The van der Waals surface area contributed by atoms with Crippen molar-refractivity contribution in [2.24, 2.45) is 0 Å². The summed E-state index contributed by atoms with van der Waals surface area (Å²) >= 11 is 0. The number of piperidine rings is 1. The van der Waals surface area contributed by atoms with Crippen LogP contribution in [0.2, 0.25) is 0 Å². The van der Waals surface area contributed by atoms with E-state index >= 15 is 0 Å². The molecule has 2 fully saturated rings. The topological polar surface area (TPSA) is 59.5 Å². The van der Waals surface area contributed by atoms with Gasteiger partial charge < -0.3 is 19.7 Å². The third-order valence-electron chi connectivity index (χ3n) is 4.98. The largest absolute Gasteiger partial charge is 0.356 e. The molecule has 0 saturated carbocycles. The molecule has 2 saturated heterocycles. The van der Waals surface area contributed by atoms with E-state index in [0.717, 1.165) is 56.0 Å². The minimum Gasteiger partial charge on any atom is -0.356 e. The monoisotopic (exact) mass is 354 g/mol. The van der Waals surface area contributed by atoms with Gasteiger partial charge in [0.1, 0.15) is 5.82 Å². The SMILES string of the molecule is CCCNc1nc(-c2ccccc2)cc(N2CCC3(CC2)OCCO3)n1. The number of nitrogens with one attached hydrogen (secondary N) is 1. The highest BCUT2D eigenvalue weighted by atomic mass is 16.7. The molecule has 3 heterocycles. The molecule has 2 aliphatic heterocycles. The Bertz CT molecular complexity index is 722. The highest BCUT2D eigenvalue weighted by Gasteiger charge is 2.40. The lowest BCUT2D eigenvalue weighted by Crippen LogP contribution is -2.45. The number of anilines is 2. The van der Waals surface area contributed by atoms with Gasteiger partial charge in [0, 0.05) is 44.1 Å². The average Bonchev–Trinajstić information content (AvgIpc) is 3.15. The number of nitrogens with zero attached hydrogens (tertiary/aromatic N) is 3. The van der Waals surface area contributed by atoms with Crippen LogP contribution in [0.1, 0.15) is 26.2 Å². The van der Waals surface area contributed by atoms with Crippen LogP contribution in [0.4, 0.5) is 11.8 Å². The summed E-state index contributed by atoms with van der Waals surface area (Å²) in [6.45, 7) is 6.16. The first-order valence-corrected chi connectivity index (χ1v) is 9.49. The minimum absolute atomic E-state index is 0.366. The Morgan fingerprint density at radius 1 is 1.08 bits per heavy atom. The van der Waals surface area contributed by atoms with Gasteiger partial charge in [0.2, 0.25) is 5.95 Å². The first kappa shape index (κ1) is 17.2. The minimum atomic E-state index is -0.366. The zero-order chi connectivity index (χ0) is 17.8. The molecule has 4 rings (SSSR count). The van der Waals surface area contributed by atoms with Crippen LogP contribution in [0.5, 0.6) is 0 Å². The van der Waals surface area contributed by atoms with Gasteiger partial charge in [0.25, 0.3) is 0 Å². The smallest absolute Gasteiger partial charge is 0.225 e. The summed E-state index contributed by atoms with van der Waals surface area (Å²) in [4.78, 5) is 11.8. The molecule has 0 radical (unpaired) electrons. The number of aromatic nitrogens is 2. The fourth-order valence-electron chi connectivity index (χ4n) is 3.53. The van der Waals surface area contributed by atoms with Gasteiger partial charge in [0.15, 0.2) is 5.79 Å². The van der Waals surface area contributed by atoms with Crippen molar-refractivity contribution in [3.05, 3.63) is 36.4 Å². The van der Waals surface area contributed by atoms with Crippen molar-refractivity contribution < 1.29 is 9.47 Å². The van der Waals surface area contributed by atoms with Gasteiger partial charge in [0.05, 0.1) is 18.9 Å². The van der Waals surface area contributed by atoms with E-state index in [0.29, 0.717) is 19.2 Å². The first-order valence-electron chi connectivity index (χ1n) is 9.49. The normalized spacial score (nSPS) is 19.0. The molecule has 1 spiro atoms. The van der Waals surface area contributed by atoms with E-state index in [1.807, 2.05) is 18.2 Å². The Labute approximate surface area is 154 Å². The Kier molecular flexibility index (Phi) is 5.04. The summed E-state index contributed by atoms with van der Waals surface area (Å²) in [6.07, 6.45) is 2.78. The molecular formula is C20H26N4O2. The van der Waals surface area contributed by atoms with Crippen molar-refractivity contribution in [1.82, 2.24) is 9.97 Å². The molecule has 6 nitrogen and oxygen atoms in total. The molecule has 0 unspecified atom stereocenters. The second kappa shape index (κ2) is 7.60. The zero-order valence-corrected chi connectivity index (χ0v) is 15.3. The van der Waals surface area contributed by atoms with Crippen molar-refractivity contribution in [1.29, 1.82) is 0 Å². The quantitative estimate of drug-likeness (QED) is 0.889. The highest BCUT2D eigenvalue weighted by molar-refractivity contribution is 5.64.